The first-order chi connectivity index (χ1) is 8.47. The number of rotatable bonds is 3. The molecule has 0 spiro atoms. The van der Waals surface area contributed by atoms with Crippen LogP contribution >= 0.6 is 0 Å². The molecule has 0 aromatic rings. The molecule has 2 aliphatic heterocycles. The smallest absolute Gasteiger partial charge is 0.270 e. The normalized spacial score (nSPS) is 36.1. The van der Waals surface area contributed by atoms with Crippen LogP contribution in [0.15, 0.2) is 11.6 Å². The Bertz CT molecular complexity index is 386. The summed E-state index contributed by atoms with van der Waals surface area (Å²) in [5.74, 6) is -1.31. The molecule has 1 saturated heterocycles. The maximum atomic E-state index is 11.0. The maximum Gasteiger partial charge on any atom is 0.270 e. The Kier molecular flexibility index (Phi) is 3.30. The molecule has 102 valence electrons. The Morgan fingerprint density at radius 2 is 2.17 bits per heavy atom. The van der Waals surface area contributed by atoms with Crippen LogP contribution in [0.1, 0.15) is 0 Å². The lowest BCUT2D eigenvalue weighted by Crippen LogP contribution is -2.43. The first kappa shape index (κ1) is 12.9. The third-order valence-electron chi connectivity index (χ3n) is 2.99. The third-order valence-corrected chi connectivity index (χ3v) is 2.99. The lowest BCUT2D eigenvalue weighted by atomic mass is 10.1. The van der Waals surface area contributed by atoms with E-state index in [-0.39, 0.29) is 12.4 Å². The molecule has 9 nitrogen and oxygen atoms in total. The van der Waals surface area contributed by atoms with Crippen molar-refractivity contribution in [3.05, 3.63) is 11.6 Å². The van der Waals surface area contributed by atoms with Crippen molar-refractivity contribution in [2.45, 2.75) is 24.5 Å². The number of nitrogens with one attached hydrogen (secondary N) is 1. The molecule has 2 heterocycles. The molecular formula is C9H15N3O6. The van der Waals surface area contributed by atoms with Crippen LogP contribution in [-0.2, 0) is 9.53 Å². The summed E-state index contributed by atoms with van der Waals surface area (Å²) < 4.78 is 5.21. The molecule has 0 saturated carbocycles. The van der Waals surface area contributed by atoms with Crippen LogP contribution < -0.4 is 11.1 Å². The van der Waals surface area contributed by atoms with E-state index in [1.807, 2.05) is 0 Å². The molecule has 0 aliphatic carbocycles. The van der Waals surface area contributed by atoms with Crippen LogP contribution in [0, 0.1) is 0 Å². The summed E-state index contributed by atoms with van der Waals surface area (Å²) in [6.07, 6.45) is -4.61. The molecule has 9 heteroatoms. The molecule has 18 heavy (non-hydrogen) atoms. The largest absolute Gasteiger partial charge is 0.493 e. The number of aliphatic hydroxyl groups excluding tert-OH is 4. The van der Waals surface area contributed by atoms with E-state index in [9.17, 15) is 20.1 Å². The van der Waals surface area contributed by atoms with E-state index >= 15 is 0 Å². The molecule has 0 aromatic heterocycles. The average Bonchev–Trinajstić information content (AvgIpc) is 2.82. The highest BCUT2D eigenvalue weighted by Gasteiger charge is 2.47. The molecule has 7 N–H and O–H groups in total. The molecular weight excluding hydrogens is 246 g/mol. The number of nitrogens with two attached hydrogens (primary N) is 1. The fourth-order valence-corrected chi connectivity index (χ4v) is 2.01. The van der Waals surface area contributed by atoms with Gasteiger partial charge in [-0.2, -0.15) is 0 Å². The van der Waals surface area contributed by atoms with Gasteiger partial charge in [0.2, 0.25) is 5.88 Å². The Balaban J connectivity index is 2.17. The number of aliphatic hydroxyl groups is 4. The minimum Gasteiger partial charge on any atom is -0.493 e. The third kappa shape index (κ3) is 1.86. The quantitative estimate of drug-likeness (QED) is 0.306. The number of carbonyl (C=O) groups is 1. The minimum atomic E-state index is -1.32. The van der Waals surface area contributed by atoms with Crippen molar-refractivity contribution < 1.29 is 30.0 Å². The summed E-state index contributed by atoms with van der Waals surface area (Å²) in [5, 5.41) is 40.6. The number of hydrogen-bond acceptors (Lipinski definition) is 8. The summed E-state index contributed by atoms with van der Waals surface area (Å²) in [6, 6.07) is 0. The van der Waals surface area contributed by atoms with Crippen LogP contribution in [-0.4, -0.2) is 69.0 Å². The Morgan fingerprint density at radius 3 is 2.61 bits per heavy atom. The first-order valence-electron chi connectivity index (χ1n) is 5.33. The van der Waals surface area contributed by atoms with E-state index in [0.717, 1.165) is 4.90 Å². The van der Waals surface area contributed by atoms with Crippen LogP contribution in [0.3, 0.4) is 0 Å². The number of amides is 1. The molecule has 0 bridgehead atoms. The van der Waals surface area contributed by atoms with E-state index in [1.54, 1.807) is 0 Å². The highest BCUT2D eigenvalue weighted by atomic mass is 16.6. The fourth-order valence-electron chi connectivity index (χ4n) is 2.01. The predicted octanol–water partition coefficient (Wildman–Crippen LogP) is -3.50. The zero-order chi connectivity index (χ0) is 13.4. The second-order valence-electron chi connectivity index (χ2n) is 4.10. The second-order valence-corrected chi connectivity index (χ2v) is 4.10. The van der Waals surface area contributed by atoms with Gasteiger partial charge in [0.05, 0.1) is 13.3 Å². The lowest BCUT2D eigenvalue weighted by molar-refractivity contribution is -0.115. The van der Waals surface area contributed by atoms with Crippen molar-refractivity contribution in [2.24, 2.45) is 5.73 Å². The van der Waals surface area contributed by atoms with Crippen molar-refractivity contribution in [1.29, 1.82) is 0 Å². The Labute approximate surface area is 102 Å². The molecule has 1 fully saturated rings. The molecule has 4 atom stereocenters. The lowest BCUT2D eigenvalue weighted by Gasteiger charge is -2.26. The highest BCUT2D eigenvalue weighted by molar-refractivity contribution is 5.92. The van der Waals surface area contributed by atoms with Gasteiger partial charge in [-0.15, -0.1) is 0 Å². The van der Waals surface area contributed by atoms with Gasteiger partial charge in [-0.05, 0) is 0 Å². The van der Waals surface area contributed by atoms with E-state index in [1.165, 1.54) is 0 Å². The second kappa shape index (κ2) is 4.61. The van der Waals surface area contributed by atoms with Crippen molar-refractivity contribution >= 4 is 5.91 Å². The van der Waals surface area contributed by atoms with Crippen molar-refractivity contribution in [1.82, 2.24) is 10.2 Å². The Morgan fingerprint density at radius 1 is 1.50 bits per heavy atom. The number of primary amides is 1. The van der Waals surface area contributed by atoms with Crippen LogP contribution in [0.4, 0.5) is 0 Å². The molecule has 2 aliphatic rings. The summed E-state index contributed by atoms with van der Waals surface area (Å²) in [4.78, 5) is 12.1. The molecule has 2 rings (SSSR count). The maximum absolute atomic E-state index is 11.0. The van der Waals surface area contributed by atoms with Crippen LogP contribution in [0.5, 0.6) is 0 Å². The number of nitrogens with zero attached hydrogens (tertiary/aromatic N) is 1. The summed E-state index contributed by atoms with van der Waals surface area (Å²) in [7, 11) is 0. The summed E-state index contributed by atoms with van der Waals surface area (Å²) >= 11 is 0. The number of hydrogen-bond donors (Lipinski definition) is 6. The summed E-state index contributed by atoms with van der Waals surface area (Å²) in [5.41, 5.74) is 4.84. The summed E-state index contributed by atoms with van der Waals surface area (Å²) in [6.45, 7) is -0.472. The van der Waals surface area contributed by atoms with Gasteiger partial charge >= 0.3 is 0 Å². The molecule has 0 radical (unpaired) electrons. The predicted molar refractivity (Wildman–Crippen MR) is 56.5 cm³/mol. The van der Waals surface area contributed by atoms with Crippen LogP contribution in [0.25, 0.3) is 0 Å². The van der Waals surface area contributed by atoms with E-state index in [0.29, 0.717) is 0 Å². The first-order valence-corrected chi connectivity index (χ1v) is 5.33. The SMILES string of the molecule is NC(=O)C1=C(O)N(C2OC(CO)C(O)C2O)CN1. The number of ether oxygens (including phenoxy) is 1. The van der Waals surface area contributed by atoms with E-state index in [4.69, 9.17) is 15.6 Å². The Hall–Kier alpha value is -1.55. The average molecular weight is 261 g/mol. The van der Waals surface area contributed by atoms with Crippen molar-refractivity contribution in [3.8, 4) is 0 Å². The number of carbonyl (C=O) groups excluding carboxylic acids is 1. The van der Waals surface area contributed by atoms with Crippen molar-refractivity contribution in [2.75, 3.05) is 13.3 Å². The molecule has 4 unspecified atom stereocenters. The standard InChI is InChI=1S/C9H15N3O6/c10-7(16)4-8(17)12(2-11-4)9-6(15)5(14)3(1-13)18-9/h3,5-6,9,11,13-15,17H,1-2H2,(H2,10,16). The zero-order valence-electron chi connectivity index (χ0n) is 9.35. The van der Waals surface area contributed by atoms with Gasteiger partial charge in [0.15, 0.2) is 11.9 Å². The van der Waals surface area contributed by atoms with E-state index in [2.05, 4.69) is 5.32 Å². The van der Waals surface area contributed by atoms with Gasteiger partial charge in [-0.1, -0.05) is 0 Å². The highest BCUT2D eigenvalue weighted by Crippen LogP contribution is 2.27. The monoisotopic (exact) mass is 261 g/mol. The zero-order valence-corrected chi connectivity index (χ0v) is 9.35. The van der Waals surface area contributed by atoms with Gasteiger partial charge in [-0.3, -0.25) is 9.69 Å². The van der Waals surface area contributed by atoms with Gasteiger partial charge in [0.1, 0.15) is 18.3 Å². The van der Waals surface area contributed by atoms with Gasteiger partial charge in [0, 0.05) is 0 Å². The van der Waals surface area contributed by atoms with Gasteiger partial charge in [0.25, 0.3) is 5.91 Å². The van der Waals surface area contributed by atoms with Gasteiger partial charge < -0.3 is 36.2 Å². The topological polar surface area (TPSA) is 149 Å². The molecule has 0 aromatic carbocycles. The van der Waals surface area contributed by atoms with Gasteiger partial charge in [-0.25, -0.2) is 0 Å². The van der Waals surface area contributed by atoms with Crippen molar-refractivity contribution in [3.63, 3.8) is 0 Å². The van der Waals surface area contributed by atoms with E-state index < -0.39 is 42.9 Å². The minimum absolute atomic E-state index is 0.00327. The molecule has 1 amide bonds. The van der Waals surface area contributed by atoms with Crippen LogP contribution in [0.2, 0.25) is 0 Å². The fraction of sp³-hybridized carbons (Fsp3) is 0.667.